The maximum absolute atomic E-state index is 6.15. The Morgan fingerprint density at radius 1 is 1.30 bits per heavy atom. The summed E-state index contributed by atoms with van der Waals surface area (Å²) in [5, 5.41) is 10.7. The molecule has 1 aromatic carbocycles. The second-order valence-electron chi connectivity index (χ2n) is 8.58. The Kier molecular flexibility index (Phi) is 11.9. The maximum atomic E-state index is 6.15. The largest absolute Gasteiger partial charge is 0.493 e. The Bertz CT molecular complexity index is 866. The number of aryl methyl sites for hydroxylation is 2. The third-order valence-corrected chi connectivity index (χ3v) is 5.33. The van der Waals surface area contributed by atoms with Gasteiger partial charge in [-0.1, -0.05) is 31.1 Å². The van der Waals surface area contributed by atoms with Crippen LogP contribution in [0.4, 0.5) is 0 Å². The maximum Gasteiger partial charge on any atom is 0.226 e. The van der Waals surface area contributed by atoms with Crippen molar-refractivity contribution in [1.29, 1.82) is 0 Å². The standard InChI is InChI=1S/C24H37N5O3.HI/c1-5-25-24(26-11-6-7-22-28-23(17(2)3)29-32-22)27-14-20-9-8-18(4)13-21(20)31-16-19-10-12-30-15-19;/h8-9,13,17,19H,5-7,10-12,14-16H2,1-4H3,(H2,25,26,27);1H. The predicted octanol–water partition coefficient (Wildman–Crippen LogP) is 4.22. The fourth-order valence-corrected chi connectivity index (χ4v) is 3.41. The van der Waals surface area contributed by atoms with Gasteiger partial charge in [-0.15, -0.1) is 24.0 Å². The number of aromatic nitrogens is 2. The van der Waals surface area contributed by atoms with Crippen molar-refractivity contribution in [2.24, 2.45) is 10.9 Å². The molecule has 0 bridgehead atoms. The first-order valence-corrected chi connectivity index (χ1v) is 11.7. The van der Waals surface area contributed by atoms with E-state index < -0.39 is 0 Å². The molecule has 1 saturated heterocycles. The van der Waals surface area contributed by atoms with Crippen LogP contribution in [0.2, 0.25) is 0 Å². The Labute approximate surface area is 214 Å². The van der Waals surface area contributed by atoms with Crippen LogP contribution in [0.5, 0.6) is 5.75 Å². The molecule has 1 unspecified atom stereocenters. The van der Waals surface area contributed by atoms with Gasteiger partial charge in [0.1, 0.15) is 5.75 Å². The van der Waals surface area contributed by atoms with E-state index in [4.69, 9.17) is 19.0 Å². The highest BCUT2D eigenvalue weighted by Crippen LogP contribution is 2.23. The minimum Gasteiger partial charge on any atom is -0.493 e. The summed E-state index contributed by atoms with van der Waals surface area (Å²) in [5.41, 5.74) is 2.26. The minimum absolute atomic E-state index is 0. The van der Waals surface area contributed by atoms with E-state index in [2.05, 4.69) is 66.7 Å². The number of hydrogen-bond donors (Lipinski definition) is 2. The van der Waals surface area contributed by atoms with E-state index in [1.54, 1.807) is 0 Å². The molecule has 0 amide bonds. The van der Waals surface area contributed by atoms with Crippen LogP contribution in [0.1, 0.15) is 62.4 Å². The van der Waals surface area contributed by atoms with Gasteiger partial charge in [-0.25, -0.2) is 4.99 Å². The molecule has 1 aliphatic rings. The quantitative estimate of drug-likeness (QED) is 0.181. The lowest BCUT2D eigenvalue weighted by Crippen LogP contribution is -2.37. The highest BCUT2D eigenvalue weighted by Gasteiger charge is 2.17. The number of rotatable bonds is 11. The number of ether oxygens (including phenoxy) is 2. The molecule has 184 valence electrons. The fourth-order valence-electron chi connectivity index (χ4n) is 3.41. The Morgan fingerprint density at radius 2 is 2.15 bits per heavy atom. The molecular formula is C24H38IN5O3. The Morgan fingerprint density at radius 3 is 2.85 bits per heavy atom. The lowest BCUT2D eigenvalue weighted by atomic mass is 10.1. The van der Waals surface area contributed by atoms with Gasteiger partial charge in [-0.05, 0) is 38.3 Å². The SMILES string of the molecule is CCNC(=NCc1ccc(C)cc1OCC1CCOC1)NCCCc1nc(C(C)C)no1.I. The first-order chi connectivity index (χ1) is 15.5. The van der Waals surface area contributed by atoms with Crippen molar-refractivity contribution in [3.63, 3.8) is 0 Å². The van der Waals surface area contributed by atoms with Crippen LogP contribution >= 0.6 is 24.0 Å². The summed E-state index contributed by atoms with van der Waals surface area (Å²) in [5.74, 6) is 3.90. The Hall–Kier alpha value is -1.88. The van der Waals surface area contributed by atoms with Gasteiger partial charge in [-0.2, -0.15) is 4.98 Å². The van der Waals surface area contributed by atoms with Crippen LogP contribution in [-0.2, 0) is 17.7 Å². The van der Waals surface area contributed by atoms with E-state index in [0.29, 0.717) is 25.0 Å². The summed E-state index contributed by atoms with van der Waals surface area (Å²) in [6, 6.07) is 6.30. The monoisotopic (exact) mass is 571 g/mol. The van der Waals surface area contributed by atoms with E-state index in [0.717, 1.165) is 68.7 Å². The second-order valence-corrected chi connectivity index (χ2v) is 8.58. The molecule has 1 aliphatic heterocycles. The van der Waals surface area contributed by atoms with E-state index in [9.17, 15) is 0 Å². The average Bonchev–Trinajstić information content (AvgIpc) is 3.46. The molecule has 33 heavy (non-hydrogen) atoms. The lowest BCUT2D eigenvalue weighted by molar-refractivity contribution is 0.166. The summed E-state index contributed by atoms with van der Waals surface area (Å²) in [6.07, 6.45) is 2.69. The minimum atomic E-state index is 0. The highest BCUT2D eigenvalue weighted by molar-refractivity contribution is 14.0. The van der Waals surface area contributed by atoms with Crippen molar-refractivity contribution in [3.8, 4) is 5.75 Å². The van der Waals surface area contributed by atoms with E-state index in [1.807, 2.05) is 0 Å². The average molecular weight is 572 g/mol. The molecule has 0 spiro atoms. The van der Waals surface area contributed by atoms with Gasteiger partial charge < -0.3 is 24.6 Å². The smallest absolute Gasteiger partial charge is 0.226 e. The molecule has 8 nitrogen and oxygen atoms in total. The van der Waals surface area contributed by atoms with E-state index >= 15 is 0 Å². The number of nitrogens with zero attached hydrogens (tertiary/aromatic N) is 3. The normalized spacial score (nSPS) is 16.0. The third kappa shape index (κ3) is 9.11. The molecule has 2 aromatic rings. The van der Waals surface area contributed by atoms with Gasteiger partial charge in [0, 0.05) is 43.5 Å². The first kappa shape index (κ1) is 27.4. The van der Waals surface area contributed by atoms with Gasteiger partial charge >= 0.3 is 0 Å². The molecule has 2 heterocycles. The van der Waals surface area contributed by atoms with Crippen LogP contribution in [-0.4, -0.2) is 49.0 Å². The number of hydrogen-bond acceptors (Lipinski definition) is 6. The molecule has 1 atom stereocenters. The van der Waals surface area contributed by atoms with Crippen LogP contribution < -0.4 is 15.4 Å². The van der Waals surface area contributed by atoms with E-state index in [1.165, 1.54) is 5.56 Å². The van der Waals surface area contributed by atoms with E-state index in [-0.39, 0.29) is 29.9 Å². The zero-order chi connectivity index (χ0) is 22.8. The van der Waals surface area contributed by atoms with Crippen molar-refractivity contribution < 1.29 is 14.0 Å². The molecular weight excluding hydrogens is 533 g/mol. The summed E-state index contributed by atoms with van der Waals surface area (Å²) >= 11 is 0. The van der Waals surface area contributed by atoms with Crippen LogP contribution in [0.15, 0.2) is 27.7 Å². The van der Waals surface area contributed by atoms with Gasteiger partial charge in [0.15, 0.2) is 11.8 Å². The van der Waals surface area contributed by atoms with Crippen molar-refractivity contribution >= 4 is 29.9 Å². The summed E-state index contributed by atoms with van der Waals surface area (Å²) < 4.78 is 16.9. The number of nitrogens with one attached hydrogen (secondary N) is 2. The molecule has 1 fully saturated rings. The summed E-state index contributed by atoms with van der Waals surface area (Å²) in [7, 11) is 0. The predicted molar refractivity (Wildman–Crippen MR) is 141 cm³/mol. The highest BCUT2D eigenvalue weighted by atomic mass is 127. The zero-order valence-electron chi connectivity index (χ0n) is 20.2. The molecule has 0 saturated carbocycles. The molecule has 9 heteroatoms. The van der Waals surface area contributed by atoms with Crippen molar-refractivity contribution in [2.45, 2.75) is 59.4 Å². The van der Waals surface area contributed by atoms with Gasteiger partial charge in [0.2, 0.25) is 5.89 Å². The second kappa shape index (κ2) is 14.4. The van der Waals surface area contributed by atoms with Crippen molar-refractivity contribution in [3.05, 3.63) is 41.0 Å². The zero-order valence-corrected chi connectivity index (χ0v) is 22.6. The molecule has 3 rings (SSSR count). The first-order valence-electron chi connectivity index (χ1n) is 11.7. The van der Waals surface area contributed by atoms with Gasteiger partial charge in [0.05, 0.1) is 19.8 Å². The van der Waals surface area contributed by atoms with Gasteiger partial charge in [0.25, 0.3) is 0 Å². The number of aliphatic imine (C=N–C) groups is 1. The van der Waals surface area contributed by atoms with Gasteiger partial charge in [-0.3, -0.25) is 0 Å². The number of halogens is 1. The Balaban J connectivity index is 0.00000385. The third-order valence-electron chi connectivity index (χ3n) is 5.33. The molecule has 0 aliphatic carbocycles. The number of benzene rings is 1. The van der Waals surface area contributed by atoms with Crippen LogP contribution in [0.3, 0.4) is 0 Å². The lowest BCUT2D eigenvalue weighted by Gasteiger charge is -2.15. The summed E-state index contributed by atoms with van der Waals surface area (Å²) in [6.45, 7) is 12.7. The topological polar surface area (TPSA) is 93.8 Å². The fraction of sp³-hybridized carbons (Fsp3) is 0.625. The molecule has 0 radical (unpaired) electrons. The van der Waals surface area contributed by atoms with Crippen LogP contribution in [0, 0.1) is 12.8 Å². The summed E-state index contributed by atoms with van der Waals surface area (Å²) in [4.78, 5) is 9.19. The van der Waals surface area contributed by atoms with Crippen molar-refractivity contribution in [2.75, 3.05) is 32.9 Å². The number of guanidine groups is 1. The van der Waals surface area contributed by atoms with Crippen LogP contribution in [0.25, 0.3) is 0 Å². The molecule has 2 N–H and O–H groups in total. The molecule has 1 aromatic heterocycles. The van der Waals surface area contributed by atoms with Crippen molar-refractivity contribution in [1.82, 2.24) is 20.8 Å².